The first-order valence-electron chi connectivity index (χ1n) is 5.97. The first-order chi connectivity index (χ1) is 10.1. The van der Waals surface area contributed by atoms with E-state index in [0.29, 0.717) is 10.2 Å². The average Bonchev–Trinajstić information content (AvgIpc) is 2.48. The number of hydrogen-bond acceptors (Lipinski definition) is 4. The van der Waals surface area contributed by atoms with Gasteiger partial charge in [0.05, 0.1) is 10.0 Å². The molecule has 0 saturated carbocycles. The van der Waals surface area contributed by atoms with Crippen LogP contribution in [0.25, 0.3) is 0 Å². The van der Waals surface area contributed by atoms with Gasteiger partial charge in [0.1, 0.15) is 11.5 Å². The summed E-state index contributed by atoms with van der Waals surface area (Å²) < 4.78 is 10.7. The van der Waals surface area contributed by atoms with E-state index in [2.05, 4.69) is 15.9 Å². The third-order valence-corrected chi connectivity index (χ3v) is 3.12. The van der Waals surface area contributed by atoms with E-state index in [9.17, 15) is 9.59 Å². The van der Waals surface area contributed by atoms with Crippen LogP contribution in [-0.4, -0.2) is 23.7 Å². The topological polar surface area (TPSA) is 72.8 Å². The van der Waals surface area contributed by atoms with Crippen molar-refractivity contribution < 1.29 is 24.2 Å². The van der Waals surface area contributed by atoms with Gasteiger partial charge in [-0.3, -0.25) is 0 Å². The third kappa shape index (κ3) is 4.32. The Bertz CT molecular complexity index is 654. The fourth-order valence-corrected chi connectivity index (χ4v) is 1.99. The molecule has 2 aromatic rings. The van der Waals surface area contributed by atoms with Crippen LogP contribution in [0.3, 0.4) is 0 Å². The fraction of sp³-hybridized carbons (Fsp3) is 0.0667. The average molecular weight is 351 g/mol. The Kier molecular flexibility index (Phi) is 4.94. The number of carbonyl (C=O) groups excluding carboxylic acids is 1. The van der Waals surface area contributed by atoms with Crippen molar-refractivity contribution in [2.75, 3.05) is 6.61 Å². The van der Waals surface area contributed by atoms with Crippen LogP contribution in [0.5, 0.6) is 11.5 Å². The molecule has 21 heavy (non-hydrogen) atoms. The standard InChI is InChI=1S/C15H11BrO5/c16-12-8-10(15(18)19)6-7-13(12)21-14(17)9-20-11-4-2-1-3-5-11/h1-8H,9H2,(H,18,19). The predicted molar refractivity (Wildman–Crippen MR) is 78.7 cm³/mol. The quantitative estimate of drug-likeness (QED) is 0.662. The van der Waals surface area contributed by atoms with Crippen molar-refractivity contribution in [3.63, 3.8) is 0 Å². The maximum Gasteiger partial charge on any atom is 0.349 e. The SMILES string of the molecule is O=C(COc1ccccc1)Oc1ccc(C(=O)O)cc1Br. The number of hydrogen-bond donors (Lipinski definition) is 1. The molecule has 0 aromatic heterocycles. The third-order valence-electron chi connectivity index (χ3n) is 2.50. The number of carboxylic acids is 1. The Morgan fingerprint density at radius 1 is 1.10 bits per heavy atom. The molecule has 0 aliphatic carbocycles. The summed E-state index contributed by atoms with van der Waals surface area (Å²) >= 11 is 3.16. The van der Waals surface area contributed by atoms with Crippen LogP contribution < -0.4 is 9.47 Å². The highest BCUT2D eigenvalue weighted by Crippen LogP contribution is 2.26. The van der Waals surface area contributed by atoms with Crippen molar-refractivity contribution in [3.05, 3.63) is 58.6 Å². The van der Waals surface area contributed by atoms with Gasteiger partial charge in [-0.1, -0.05) is 18.2 Å². The second-order valence-electron chi connectivity index (χ2n) is 4.03. The van der Waals surface area contributed by atoms with Crippen LogP contribution in [0.2, 0.25) is 0 Å². The lowest BCUT2D eigenvalue weighted by Gasteiger charge is -2.08. The zero-order valence-electron chi connectivity index (χ0n) is 10.8. The fourth-order valence-electron chi connectivity index (χ4n) is 1.53. The summed E-state index contributed by atoms with van der Waals surface area (Å²) in [6, 6.07) is 13.0. The first-order valence-corrected chi connectivity index (χ1v) is 6.77. The Morgan fingerprint density at radius 2 is 1.81 bits per heavy atom. The summed E-state index contributed by atoms with van der Waals surface area (Å²) in [4.78, 5) is 22.5. The molecule has 0 saturated heterocycles. The van der Waals surface area contributed by atoms with E-state index in [1.807, 2.05) is 6.07 Å². The highest BCUT2D eigenvalue weighted by Gasteiger charge is 2.11. The second kappa shape index (κ2) is 6.90. The van der Waals surface area contributed by atoms with Gasteiger partial charge in [-0.2, -0.15) is 0 Å². The van der Waals surface area contributed by atoms with Gasteiger partial charge in [-0.05, 0) is 46.3 Å². The largest absolute Gasteiger partial charge is 0.482 e. The normalized spacial score (nSPS) is 9.95. The monoisotopic (exact) mass is 350 g/mol. The molecule has 108 valence electrons. The minimum absolute atomic E-state index is 0.0993. The zero-order valence-corrected chi connectivity index (χ0v) is 12.4. The highest BCUT2D eigenvalue weighted by atomic mass is 79.9. The Labute approximate surface area is 129 Å². The van der Waals surface area contributed by atoms with Gasteiger partial charge < -0.3 is 14.6 Å². The molecule has 1 N–H and O–H groups in total. The highest BCUT2D eigenvalue weighted by molar-refractivity contribution is 9.10. The molecule has 2 aromatic carbocycles. The molecule has 6 heteroatoms. The molecule has 0 amide bonds. The summed E-state index contributed by atoms with van der Waals surface area (Å²) in [6.07, 6.45) is 0. The molecular formula is C15H11BrO5. The number of carboxylic acid groups (broad SMARTS) is 1. The maximum absolute atomic E-state index is 11.7. The lowest BCUT2D eigenvalue weighted by Crippen LogP contribution is -2.18. The zero-order chi connectivity index (χ0) is 15.2. The molecule has 0 unspecified atom stereocenters. The number of esters is 1. The lowest BCUT2D eigenvalue weighted by molar-refractivity contribution is -0.136. The van der Waals surface area contributed by atoms with E-state index >= 15 is 0 Å². The number of ether oxygens (including phenoxy) is 2. The van der Waals surface area contributed by atoms with Crippen LogP contribution >= 0.6 is 15.9 Å². The van der Waals surface area contributed by atoms with Crippen molar-refractivity contribution in [1.29, 1.82) is 0 Å². The van der Waals surface area contributed by atoms with Gasteiger partial charge in [0.15, 0.2) is 6.61 Å². The molecule has 0 radical (unpaired) electrons. The van der Waals surface area contributed by atoms with Gasteiger partial charge in [0.25, 0.3) is 0 Å². The maximum atomic E-state index is 11.7. The van der Waals surface area contributed by atoms with Gasteiger partial charge in [0.2, 0.25) is 0 Å². The van der Waals surface area contributed by atoms with Gasteiger partial charge >= 0.3 is 11.9 Å². The van der Waals surface area contributed by atoms with E-state index in [1.165, 1.54) is 18.2 Å². The minimum Gasteiger partial charge on any atom is -0.482 e. The predicted octanol–water partition coefficient (Wildman–Crippen LogP) is 3.13. The molecule has 0 heterocycles. The van der Waals surface area contributed by atoms with Crippen LogP contribution in [0.4, 0.5) is 0 Å². The number of benzene rings is 2. The summed E-state index contributed by atoms with van der Waals surface area (Å²) in [6.45, 7) is -0.239. The summed E-state index contributed by atoms with van der Waals surface area (Å²) in [5, 5.41) is 8.84. The van der Waals surface area contributed by atoms with E-state index < -0.39 is 11.9 Å². The smallest absolute Gasteiger partial charge is 0.349 e. The molecule has 0 aliphatic rings. The molecule has 0 aliphatic heterocycles. The number of halogens is 1. The van der Waals surface area contributed by atoms with E-state index in [-0.39, 0.29) is 17.9 Å². The molecule has 2 rings (SSSR count). The number of carbonyl (C=O) groups is 2. The first kappa shape index (κ1) is 15.1. The van der Waals surface area contributed by atoms with Gasteiger partial charge in [0, 0.05) is 0 Å². The molecule has 5 nitrogen and oxygen atoms in total. The van der Waals surface area contributed by atoms with Crippen molar-refractivity contribution in [2.45, 2.75) is 0 Å². The number of rotatable bonds is 5. The Hall–Kier alpha value is -2.34. The summed E-state index contributed by atoms with van der Waals surface area (Å²) in [5.41, 5.74) is 0.0993. The summed E-state index contributed by atoms with van der Waals surface area (Å²) in [7, 11) is 0. The van der Waals surface area contributed by atoms with Crippen molar-refractivity contribution in [3.8, 4) is 11.5 Å². The summed E-state index contributed by atoms with van der Waals surface area (Å²) in [5.74, 6) is -0.833. The Morgan fingerprint density at radius 3 is 2.43 bits per heavy atom. The number of aromatic carboxylic acids is 1. The van der Waals surface area contributed by atoms with Gasteiger partial charge in [-0.15, -0.1) is 0 Å². The van der Waals surface area contributed by atoms with Crippen LogP contribution in [0.15, 0.2) is 53.0 Å². The minimum atomic E-state index is -1.05. The van der Waals surface area contributed by atoms with E-state index in [1.54, 1.807) is 24.3 Å². The van der Waals surface area contributed by atoms with Crippen LogP contribution in [-0.2, 0) is 4.79 Å². The van der Waals surface area contributed by atoms with Crippen LogP contribution in [0, 0.1) is 0 Å². The molecule has 0 fully saturated rings. The second-order valence-corrected chi connectivity index (χ2v) is 4.88. The van der Waals surface area contributed by atoms with Crippen molar-refractivity contribution in [1.82, 2.24) is 0 Å². The lowest BCUT2D eigenvalue weighted by atomic mass is 10.2. The Balaban J connectivity index is 1.95. The molecular weight excluding hydrogens is 340 g/mol. The van der Waals surface area contributed by atoms with E-state index in [0.717, 1.165) is 0 Å². The molecule has 0 atom stereocenters. The number of para-hydroxylation sites is 1. The van der Waals surface area contributed by atoms with Crippen LogP contribution in [0.1, 0.15) is 10.4 Å². The van der Waals surface area contributed by atoms with Gasteiger partial charge in [-0.25, -0.2) is 9.59 Å². The van der Waals surface area contributed by atoms with E-state index in [4.69, 9.17) is 14.6 Å². The van der Waals surface area contributed by atoms with Crippen molar-refractivity contribution >= 4 is 27.9 Å². The van der Waals surface area contributed by atoms with Crippen molar-refractivity contribution in [2.24, 2.45) is 0 Å². The molecule has 0 spiro atoms. The molecule has 0 bridgehead atoms.